The van der Waals surface area contributed by atoms with E-state index in [1.807, 2.05) is 7.11 Å². The molecular weight excluding hydrogens is 282 g/mol. The number of hydrogen-bond donors (Lipinski definition) is 1. The lowest BCUT2D eigenvalue weighted by Gasteiger charge is -2.39. The van der Waals surface area contributed by atoms with Gasteiger partial charge in [0.1, 0.15) is 5.01 Å². The van der Waals surface area contributed by atoms with Gasteiger partial charge >= 0.3 is 0 Å². The van der Waals surface area contributed by atoms with Crippen molar-refractivity contribution in [2.75, 3.05) is 20.2 Å². The lowest BCUT2D eigenvalue weighted by Crippen LogP contribution is -2.46. The zero-order valence-corrected chi connectivity index (χ0v) is 14.8. The highest BCUT2D eigenvalue weighted by Crippen LogP contribution is 2.25. The molecule has 0 radical (unpaired) electrons. The van der Waals surface area contributed by atoms with Crippen molar-refractivity contribution in [1.82, 2.24) is 15.2 Å². The number of rotatable bonds is 5. The molecule has 2 rings (SSSR count). The molecule has 0 aliphatic carbocycles. The van der Waals surface area contributed by atoms with E-state index in [0.29, 0.717) is 0 Å². The number of likely N-dealkylation sites (tertiary alicyclic amines) is 1. The highest BCUT2D eigenvalue weighted by molar-refractivity contribution is 7.09. The number of ether oxygens (including phenoxy) is 1. The monoisotopic (exact) mass is 311 g/mol. The first-order valence-electron chi connectivity index (χ1n) is 7.75. The molecule has 1 atom stereocenters. The molecule has 1 fully saturated rings. The van der Waals surface area contributed by atoms with Gasteiger partial charge in [-0.15, -0.1) is 11.3 Å². The van der Waals surface area contributed by atoms with Gasteiger partial charge in [-0.05, 0) is 47.1 Å². The second-order valence-electron chi connectivity index (χ2n) is 7.30. The van der Waals surface area contributed by atoms with Crippen molar-refractivity contribution < 1.29 is 4.74 Å². The van der Waals surface area contributed by atoms with Gasteiger partial charge in [-0.25, -0.2) is 4.98 Å². The predicted molar refractivity (Wildman–Crippen MR) is 88.6 cm³/mol. The summed E-state index contributed by atoms with van der Waals surface area (Å²) in [6.07, 6.45) is 2.35. The summed E-state index contributed by atoms with van der Waals surface area (Å²) in [7, 11) is 1.82. The first-order valence-corrected chi connectivity index (χ1v) is 8.63. The maximum Gasteiger partial charge on any atom is 0.107 e. The highest BCUT2D eigenvalue weighted by Gasteiger charge is 2.30. The summed E-state index contributed by atoms with van der Waals surface area (Å²) >= 11 is 1.75. The Morgan fingerprint density at radius 1 is 1.48 bits per heavy atom. The van der Waals surface area contributed by atoms with E-state index in [1.165, 1.54) is 17.1 Å². The smallest absolute Gasteiger partial charge is 0.107 e. The van der Waals surface area contributed by atoms with Crippen LogP contribution in [-0.4, -0.2) is 41.2 Å². The Kier molecular flexibility index (Phi) is 5.41. The number of nitrogens with one attached hydrogen (secondary N) is 1. The van der Waals surface area contributed by atoms with Crippen LogP contribution in [0.15, 0.2) is 5.38 Å². The van der Waals surface area contributed by atoms with Crippen LogP contribution < -0.4 is 5.32 Å². The fourth-order valence-electron chi connectivity index (χ4n) is 2.68. The average Bonchev–Trinajstić information content (AvgIpc) is 2.83. The molecule has 1 saturated heterocycles. The number of hydrogen-bond acceptors (Lipinski definition) is 5. The molecule has 120 valence electrons. The van der Waals surface area contributed by atoms with Crippen LogP contribution in [0.1, 0.15) is 51.2 Å². The van der Waals surface area contributed by atoms with Crippen molar-refractivity contribution in [1.29, 1.82) is 0 Å². The SMILES string of the molecule is COC1(C)CCCN(Cc2csc(CNC(C)(C)C)n2)C1. The third kappa shape index (κ3) is 5.33. The second kappa shape index (κ2) is 6.73. The minimum atomic E-state index is 0.00485. The number of aromatic nitrogens is 1. The van der Waals surface area contributed by atoms with E-state index in [-0.39, 0.29) is 11.1 Å². The van der Waals surface area contributed by atoms with E-state index >= 15 is 0 Å². The summed E-state index contributed by atoms with van der Waals surface area (Å²) in [4.78, 5) is 7.22. The minimum Gasteiger partial charge on any atom is -0.377 e. The first kappa shape index (κ1) is 16.9. The van der Waals surface area contributed by atoms with Crippen LogP contribution in [0.5, 0.6) is 0 Å². The van der Waals surface area contributed by atoms with Gasteiger partial charge in [-0.3, -0.25) is 4.90 Å². The maximum absolute atomic E-state index is 5.66. The van der Waals surface area contributed by atoms with Crippen LogP contribution in [0.3, 0.4) is 0 Å². The molecule has 0 bridgehead atoms. The van der Waals surface area contributed by atoms with E-state index in [0.717, 1.165) is 32.6 Å². The van der Waals surface area contributed by atoms with E-state index in [4.69, 9.17) is 9.72 Å². The zero-order valence-electron chi connectivity index (χ0n) is 14.0. The van der Waals surface area contributed by atoms with Crippen molar-refractivity contribution in [3.63, 3.8) is 0 Å². The number of thiazole rings is 1. The van der Waals surface area contributed by atoms with Crippen molar-refractivity contribution in [2.24, 2.45) is 0 Å². The molecule has 0 saturated carbocycles. The fraction of sp³-hybridized carbons (Fsp3) is 0.812. The Hall–Kier alpha value is -0.490. The molecule has 1 unspecified atom stereocenters. The summed E-state index contributed by atoms with van der Waals surface area (Å²) < 4.78 is 5.66. The van der Waals surface area contributed by atoms with Crippen LogP contribution in [0.2, 0.25) is 0 Å². The number of piperidine rings is 1. The Balaban J connectivity index is 1.87. The molecule has 1 aliphatic rings. The molecule has 1 aromatic rings. The average molecular weight is 311 g/mol. The van der Waals surface area contributed by atoms with Gasteiger partial charge in [0, 0.05) is 37.7 Å². The topological polar surface area (TPSA) is 37.4 Å². The van der Waals surface area contributed by atoms with Crippen LogP contribution >= 0.6 is 11.3 Å². The third-order valence-electron chi connectivity index (χ3n) is 3.99. The molecule has 0 aromatic carbocycles. The lowest BCUT2D eigenvalue weighted by atomic mass is 9.95. The summed E-state index contributed by atoms with van der Waals surface area (Å²) in [5.74, 6) is 0. The molecule has 2 heterocycles. The molecule has 0 amide bonds. The van der Waals surface area contributed by atoms with Crippen LogP contribution in [0.25, 0.3) is 0 Å². The van der Waals surface area contributed by atoms with Gasteiger partial charge in [-0.2, -0.15) is 0 Å². The zero-order chi connectivity index (χ0) is 15.5. The Morgan fingerprint density at radius 3 is 2.90 bits per heavy atom. The van der Waals surface area contributed by atoms with E-state index in [1.54, 1.807) is 11.3 Å². The van der Waals surface area contributed by atoms with E-state index in [9.17, 15) is 0 Å². The molecular formula is C16H29N3OS. The van der Waals surface area contributed by atoms with Gasteiger partial charge < -0.3 is 10.1 Å². The summed E-state index contributed by atoms with van der Waals surface area (Å²) in [5, 5.41) is 6.86. The second-order valence-corrected chi connectivity index (χ2v) is 8.25. The first-order chi connectivity index (χ1) is 9.80. The van der Waals surface area contributed by atoms with Crippen molar-refractivity contribution in [3.05, 3.63) is 16.1 Å². The van der Waals surface area contributed by atoms with Crippen molar-refractivity contribution in [2.45, 2.75) is 64.8 Å². The Labute approximate surface area is 132 Å². The van der Waals surface area contributed by atoms with Gasteiger partial charge in [-0.1, -0.05) is 0 Å². The summed E-state index contributed by atoms with van der Waals surface area (Å²) in [5.41, 5.74) is 1.33. The lowest BCUT2D eigenvalue weighted by molar-refractivity contribution is -0.0529. The van der Waals surface area contributed by atoms with Gasteiger partial charge in [0.15, 0.2) is 0 Å². The predicted octanol–water partition coefficient (Wildman–Crippen LogP) is 3.03. The number of nitrogens with zero attached hydrogens (tertiary/aromatic N) is 2. The molecule has 4 nitrogen and oxygen atoms in total. The van der Waals surface area contributed by atoms with Crippen LogP contribution in [0.4, 0.5) is 0 Å². The van der Waals surface area contributed by atoms with E-state index in [2.05, 4.69) is 43.3 Å². The molecule has 1 aromatic heterocycles. The number of methoxy groups -OCH3 is 1. The standard InChI is InChI=1S/C16H29N3OS/c1-15(2,3)17-9-14-18-13(11-21-14)10-19-8-6-7-16(4,12-19)20-5/h11,17H,6-10,12H2,1-5H3. The summed E-state index contributed by atoms with van der Waals surface area (Å²) in [6, 6.07) is 0. The molecule has 0 spiro atoms. The normalized spacial score (nSPS) is 24.4. The van der Waals surface area contributed by atoms with E-state index < -0.39 is 0 Å². The minimum absolute atomic E-state index is 0.00485. The van der Waals surface area contributed by atoms with Gasteiger partial charge in [0.2, 0.25) is 0 Å². The Bertz CT molecular complexity index is 455. The molecule has 1 aliphatic heterocycles. The molecule has 1 N–H and O–H groups in total. The largest absolute Gasteiger partial charge is 0.377 e. The molecule has 21 heavy (non-hydrogen) atoms. The highest BCUT2D eigenvalue weighted by atomic mass is 32.1. The Morgan fingerprint density at radius 2 is 2.24 bits per heavy atom. The summed E-state index contributed by atoms with van der Waals surface area (Å²) in [6.45, 7) is 12.7. The van der Waals surface area contributed by atoms with Gasteiger partial charge in [0.05, 0.1) is 11.3 Å². The van der Waals surface area contributed by atoms with Gasteiger partial charge in [0.25, 0.3) is 0 Å². The maximum atomic E-state index is 5.66. The van der Waals surface area contributed by atoms with Crippen LogP contribution in [-0.2, 0) is 17.8 Å². The van der Waals surface area contributed by atoms with Crippen molar-refractivity contribution in [3.8, 4) is 0 Å². The van der Waals surface area contributed by atoms with Crippen molar-refractivity contribution >= 4 is 11.3 Å². The van der Waals surface area contributed by atoms with Crippen LogP contribution in [0, 0.1) is 0 Å². The molecule has 5 heteroatoms. The third-order valence-corrected chi connectivity index (χ3v) is 4.88. The quantitative estimate of drug-likeness (QED) is 0.907. The fourth-order valence-corrected chi connectivity index (χ4v) is 3.41.